The molecule has 1 rings (SSSR count). The second kappa shape index (κ2) is 8.08. The van der Waals surface area contributed by atoms with Gasteiger partial charge >= 0.3 is 0 Å². The van der Waals surface area contributed by atoms with Gasteiger partial charge in [0.25, 0.3) is 0 Å². The summed E-state index contributed by atoms with van der Waals surface area (Å²) in [6.07, 6.45) is 0.891. The summed E-state index contributed by atoms with van der Waals surface area (Å²) in [5.74, 6) is 0.882. The number of para-hydroxylation sites is 1. The molecular weight excluding hydrogens is 230 g/mol. The van der Waals surface area contributed by atoms with Crippen molar-refractivity contribution in [3.63, 3.8) is 0 Å². The molecule has 0 fully saturated rings. The Kier molecular flexibility index (Phi) is 6.72. The third kappa shape index (κ3) is 5.49. The van der Waals surface area contributed by atoms with Gasteiger partial charge in [-0.3, -0.25) is 0 Å². The van der Waals surface area contributed by atoms with Crippen LogP contribution in [0, 0.1) is 5.41 Å². The van der Waals surface area contributed by atoms with Gasteiger partial charge < -0.3 is 20.3 Å². The molecule has 0 aromatic heterocycles. The fourth-order valence-electron chi connectivity index (χ4n) is 1.46. The van der Waals surface area contributed by atoms with E-state index in [1.807, 2.05) is 37.3 Å². The van der Waals surface area contributed by atoms with Crippen LogP contribution in [-0.2, 0) is 0 Å². The Labute approximate surface area is 109 Å². The molecular formula is C14H23NO3. The lowest BCUT2D eigenvalue weighted by atomic mass is 9.93. The predicted octanol–water partition coefficient (Wildman–Crippen LogP) is 1.04. The van der Waals surface area contributed by atoms with Crippen LogP contribution in [0.5, 0.6) is 5.75 Å². The first-order valence-electron chi connectivity index (χ1n) is 6.30. The molecule has 4 nitrogen and oxygen atoms in total. The van der Waals surface area contributed by atoms with E-state index in [2.05, 4.69) is 5.32 Å². The van der Waals surface area contributed by atoms with Crippen molar-refractivity contribution in [3.05, 3.63) is 30.3 Å². The Bertz CT molecular complexity index is 312. The third-order valence-electron chi connectivity index (χ3n) is 2.83. The van der Waals surface area contributed by atoms with Crippen molar-refractivity contribution in [1.29, 1.82) is 0 Å². The van der Waals surface area contributed by atoms with Crippen molar-refractivity contribution in [1.82, 2.24) is 5.32 Å². The summed E-state index contributed by atoms with van der Waals surface area (Å²) in [6, 6.07) is 9.71. The second-order valence-electron chi connectivity index (χ2n) is 4.82. The molecule has 0 aliphatic rings. The van der Waals surface area contributed by atoms with Gasteiger partial charge in [-0.2, -0.15) is 0 Å². The standard InChI is InChI=1S/C14H23NO3/c1-14(11-16,12-17)10-15-8-5-9-18-13-6-3-2-4-7-13/h2-4,6-7,15-17H,5,8-12H2,1H3. The van der Waals surface area contributed by atoms with Crippen LogP contribution in [0.15, 0.2) is 30.3 Å². The van der Waals surface area contributed by atoms with Gasteiger partial charge in [0.1, 0.15) is 5.75 Å². The van der Waals surface area contributed by atoms with Crippen molar-refractivity contribution in [2.75, 3.05) is 32.9 Å². The van der Waals surface area contributed by atoms with E-state index < -0.39 is 5.41 Å². The van der Waals surface area contributed by atoms with Crippen LogP contribution in [0.2, 0.25) is 0 Å². The molecule has 0 amide bonds. The molecule has 1 aromatic rings. The monoisotopic (exact) mass is 253 g/mol. The van der Waals surface area contributed by atoms with Crippen LogP contribution in [0.3, 0.4) is 0 Å². The van der Waals surface area contributed by atoms with Crippen molar-refractivity contribution in [3.8, 4) is 5.75 Å². The lowest BCUT2D eigenvalue weighted by Gasteiger charge is -2.24. The quantitative estimate of drug-likeness (QED) is 0.575. The van der Waals surface area contributed by atoms with E-state index in [-0.39, 0.29) is 13.2 Å². The van der Waals surface area contributed by atoms with Gasteiger partial charge in [0, 0.05) is 12.0 Å². The zero-order chi connectivity index (χ0) is 13.3. The SMILES string of the molecule is CC(CO)(CO)CNCCCOc1ccccc1. The van der Waals surface area contributed by atoms with Crippen molar-refractivity contribution in [2.45, 2.75) is 13.3 Å². The molecule has 0 heterocycles. The lowest BCUT2D eigenvalue weighted by molar-refractivity contribution is 0.0696. The summed E-state index contributed by atoms with van der Waals surface area (Å²) in [7, 11) is 0. The zero-order valence-electron chi connectivity index (χ0n) is 10.9. The van der Waals surface area contributed by atoms with E-state index in [0.29, 0.717) is 13.2 Å². The lowest BCUT2D eigenvalue weighted by Crippen LogP contribution is -2.38. The van der Waals surface area contributed by atoms with Crippen LogP contribution >= 0.6 is 0 Å². The minimum absolute atomic E-state index is 0.0168. The Balaban J connectivity index is 2.06. The summed E-state index contributed by atoms with van der Waals surface area (Å²) >= 11 is 0. The maximum absolute atomic E-state index is 9.11. The summed E-state index contributed by atoms with van der Waals surface area (Å²) in [5, 5.41) is 21.4. The van der Waals surface area contributed by atoms with Gasteiger partial charge in [-0.15, -0.1) is 0 Å². The fourth-order valence-corrected chi connectivity index (χ4v) is 1.46. The molecule has 0 bridgehead atoms. The van der Waals surface area contributed by atoms with E-state index in [1.54, 1.807) is 0 Å². The smallest absolute Gasteiger partial charge is 0.119 e. The maximum Gasteiger partial charge on any atom is 0.119 e. The minimum Gasteiger partial charge on any atom is -0.494 e. The Morgan fingerprint density at radius 3 is 2.44 bits per heavy atom. The molecule has 0 saturated carbocycles. The number of nitrogens with one attached hydrogen (secondary N) is 1. The Morgan fingerprint density at radius 2 is 1.83 bits per heavy atom. The third-order valence-corrected chi connectivity index (χ3v) is 2.83. The second-order valence-corrected chi connectivity index (χ2v) is 4.82. The highest BCUT2D eigenvalue weighted by atomic mass is 16.5. The molecule has 18 heavy (non-hydrogen) atoms. The van der Waals surface area contributed by atoms with Crippen molar-refractivity contribution >= 4 is 0 Å². The first-order chi connectivity index (χ1) is 8.70. The molecule has 102 valence electrons. The van der Waals surface area contributed by atoms with Gasteiger partial charge in [-0.1, -0.05) is 25.1 Å². The molecule has 3 N–H and O–H groups in total. The Morgan fingerprint density at radius 1 is 1.17 bits per heavy atom. The predicted molar refractivity (Wildman–Crippen MR) is 71.7 cm³/mol. The summed E-state index contributed by atoms with van der Waals surface area (Å²) < 4.78 is 5.55. The van der Waals surface area contributed by atoms with Crippen LogP contribution in [-0.4, -0.2) is 43.1 Å². The topological polar surface area (TPSA) is 61.7 Å². The number of aliphatic hydroxyl groups excluding tert-OH is 2. The summed E-state index contributed by atoms with van der Waals surface area (Å²) in [4.78, 5) is 0. The number of ether oxygens (including phenoxy) is 1. The normalized spacial score (nSPS) is 11.5. The minimum atomic E-state index is -0.444. The number of rotatable bonds is 9. The van der Waals surface area contributed by atoms with Gasteiger partial charge in [-0.25, -0.2) is 0 Å². The molecule has 1 aromatic carbocycles. The van der Waals surface area contributed by atoms with Gasteiger partial charge in [0.15, 0.2) is 0 Å². The number of hydrogen-bond acceptors (Lipinski definition) is 4. The van der Waals surface area contributed by atoms with Gasteiger partial charge in [0.2, 0.25) is 0 Å². The molecule has 0 spiro atoms. The van der Waals surface area contributed by atoms with E-state index in [4.69, 9.17) is 14.9 Å². The first kappa shape index (κ1) is 15.0. The largest absolute Gasteiger partial charge is 0.494 e. The molecule has 0 aliphatic heterocycles. The molecule has 0 radical (unpaired) electrons. The first-order valence-corrected chi connectivity index (χ1v) is 6.30. The van der Waals surface area contributed by atoms with Crippen LogP contribution in [0.25, 0.3) is 0 Å². The highest BCUT2D eigenvalue weighted by molar-refractivity contribution is 5.20. The molecule has 0 aliphatic carbocycles. The van der Waals surface area contributed by atoms with E-state index in [0.717, 1.165) is 18.7 Å². The summed E-state index contributed by atoms with van der Waals surface area (Å²) in [6.45, 7) is 3.88. The van der Waals surface area contributed by atoms with Crippen LogP contribution in [0.4, 0.5) is 0 Å². The van der Waals surface area contributed by atoms with Gasteiger partial charge in [-0.05, 0) is 25.1 Å². The maximum atomic E-state index is 9.11. The molecule has 0 saturated heterocycles. The average Bonchev–Trinajstić information content (AvgIpc) is 2.43. The van der Waals surface area contributed by atoms with E-state index in [1.165, 1.54) is 0 Å². The molecule has 0 atom stereocenters. The van der Waals surface area contributed by atoms with Crippen molar-refractivity contribution < 1.29 is 14.9 Å². The summed E-state index contributed by atoms with van der Waals surface area (Å²) in [5.41, 5.74) is -0.444. The highest BCUT2D eigenvalue weighted by Gasteiger charge is 2.21. The van der Waals surface area contributed by atoms with E-state index >= 15 is 0 Å². The van der Waals surface area contributed by atoms with Crippen LogP contribution < -0.4 is 10.1 Å². The fraction of sp³-hybridized carbons (Fsp3) is 0.571. The molecule has 0 unspecified atom stereocenters. The number of benzene rings is 1. The van der Waals surface area contributed by atoms with Gasteiger partial charge in [0.05, 0.1) is 19.8 Å². The average molecular weight is 253 g/mol. The number of aliphatic hydroxyl groups is 2. The van der Waals surface area contributed by atoms with Crippen LogP contribution in [0.1, 0.15) is 13.3 Å². The zero-order valence-corrected chi connectivity index (χ0v) is 10.9. The van der Waals surface area contributed by atoms with Crippen molar-refractivity contribution in [2.24, 2.45) is 5.41 Å². The molecule has 4 heteroatoms. The highest BCUT2D eigenvalue weighted by Crippen LogP contribution is 2.12. The number of hydrogen-bond donors (Lipinski definition) is 3. The van der Waals surface area contributed by atoms with E-state index in [9.17, 15) is 0 Å². The Hall–Kier alpha value is -1.10.